The van der Waals surface area contributed by atoms with Crippen LogP contribution in [-0.4, -0.2) is 26.4 Å². The molecule has 1 N–H and O–H groups in total. The predicted octanol–water partition coefficient (Wildman–Crippen LogP) is 3.74. The molecule has 118 valence electrons. The van der Waals surface area contributed by atoms with Gasteiger partial charge in [-0.25, -0.2) is 0 Å². The minimum atomic E-state index is -0.0450. The fourth-order valence-corrected chi connectivity index (χ4v) is 3.04. The third-order valence-electron chi connectivity index (χ3n) is 3.02. The summed E-state index contributed by atoms with van der Waals surface area (Å²) in [4.78, 5) is 12.0. The molecule has 7 heteroatoms. The molecule has 0 aliphatic heterocycles. The highest BCUT2D eigenvalue weighted by molar-refractivity contribution is 9.10. The van der Waals surface area contributed by atoms with Crippen LogP contribution in [0.3, 0.4) is 0 Å². The van der Waals surface area contributed by atoms with E-state index in [-0.39, 0.29) is 5.91 Å². The molecule has 0 fully saturated rings. The van der Waals surface area contributed by atoms with Crippen LogP contribution in [0, 0.1) is 0 Å². The standard InChI is InChI=1S/C15H19BrN4OS/c1-3-9-20-13(4-2)18-19-15(20)22-10-14(21)17-12-7-5-11(16)6-8-12/h5-8H,3-4,9-10H2,1-2H3,(H,17,21). The Morgan fingerprint density at radius 3 is 2.64 bits per heavy atom. The second-order valence-corrected chi connectivity index (χ2v) is 6.61. The number of hydrogen-bond acceptors (Lipinski definition) is 4. The van der Waals surface area contributed by atoms with Crippen molar-refractivity contribution in [1.29, 1.82) is 0 Å². The first-order valence-electron chi connectivity index (χ1n) is 7.24. The molecule has 0 saturated carbocycles. The van der Waals surface area contributed by atoms with E-state index in [1.165, 1.54) is 11.8 Å². The fourth-order valence-electron chi connectivity index (χ4n) is 2.00. The highest BCUT2D eigenvalue weighted by Gasteiger charge is 2.12. The maximum absolute atomic E-state index is 12.0. The van der Waals surface area contributed by atoms with Crippen molar-refractivity contribution in [3.8, 4) is 0 Å². The van der Waals surface area contributed by atoms with Crippen molar-refractivity contribution in [2.45, 2.75) is 38.4 Å². The summed E-state index contributed by atoms with van der Waals surface area (Å²) in [5, 5.41) is 12.0. The lowest BCUT2D eigenvalue weighted by Gasteiger charge is -2.08. The highest BCUT2D eigenvalue weighted by atomic mass is 79.9. The quantitative estimate of drug-likeness (QED) is 0.740. The number of nitrogens with one attached hydrogen (secondary N) is 1. The van der Waals surface area contributed by atoms with Gasteiger partial charge in [-0.1, -0.05) is 41.5 Å². The third kappa shape index (κ3) is 4.58. The molecule has 0 atom stereocenters. The lowest BCUT2D eigenvalue weighted by atomic mass is 10.3. The molecule has 0 unspecified atom stereocenters. The van der Waals surface area contributed by atoms with Crippen LogP contribution < -0.4 is 5.32 Å². The zero-order chi connectivity index (χ0) is 15.9. The van der Waals surface area contributed by atoms with Crippen LogP contribution in [0.15, 0.2) is 33.9 Å². The third-order valence-corrected chi connectivity index (χ3v) is 4.51. The summed E-state index contributed by atoms with van der Waals surface area (Å²) in [6.07, 6.45) is 1.86. The normalized spacial score (nSPS) is 10.7. The second kappa shape index (κ2) is 8.33. The van der Waals surface area contributed by atoms with E-state index in [0.29, 0.717) is 5.75 Å². The van der Waals surface area contributed by atoms with Gasteiger partial charge in [0, 0.05) is 23.1 Å². The molecule has 0 spiro atoms. The van der Waals surface area contributed by atoms with Crippen LogP contribution in [0.25, 0.3) is 0 Å². The monoisotopic (exact) mass is 382 g/mol. The van der Waals surface area contributed by atoms with Crippen molar-refractivity contribution < 1.29 is 4.79 Å². The number of aryl methyl sites for hydroxylation is 1. The summed E-state index contributed by atoms with van der Waals surface area (Å²) in [6, 6.07) is 7.52. The van der Waals surface area contributed by atoms with Gasteiger partial charge in [0.25, 0.3) is 0 Å². The molecule has 0 saturated heterocycles. The molecular weight excluding hydrogens is 364 g/mol. The molecule has 2 aromatic rings. The van der Waals surface area contributed by atoms with Crippen molar-refractivity contribution in [1.82, 2.24) is 14.8 Å². The number of rotatable bonds is 7. The van der Waals surface area contributed by atoms with E-state index in [9.17, 15) is 4.79 Å². The molecule has 1 aromatic carbocycles. The van der Waals surface area contributed by atoms with Gasteiger partial charge >= 0.3 is 0 Å². The number of hydrogen-bond donors (Lipinski definition) is 1. The van der Waals surface area contributed by atoms with Crippen molar-refractivity contribution in [3.05, 3.63) is 34.6 Å². The Balaban J connectivity index is 1.93. The van der Waals surface area contributed by atoms with Crippen LogP contribution in [0.1, 0.15) is 26.1 Å². The number of anilines is 1. The van der Waals surface area contributed by atoms with Gasteiger partial charge in [0.05, 0.1) is 5.75 Å². The zero-order valence-electron chi connectivity index (χ0n) is 12.7. The van der Waals surface area contributed by atoms with Crippen LogP contribution in [0.4, 0.5) is 5.69 Å². The largest absolute Gasteiger partial charge is 0.325 e. The fraction of sp³-hybridized carbons (Fsp3) is 0.400. The molecule has 5 nitrogen and oxygen atoms in total. The Labute approximate surface area is 143 Å². The van der Waals surface area contributed by atoms with E-state index < -0.39 is 0 Å². The summed E-state index contributed by atoms with van der Waals surface area (Å²) in [6.45, 7) is 5.06. The molecule has 2 rings (SSSR count). The van der Waals surface area contributed by atoms with Crippen LogP contribution in [0.2, 0.25) is 0 Å². The average molecular weight is 383 g/mol. The Morgan fingerprint density at radius 2 is 2.00 bits per heavy atom. The second-order valence-electron chi connectivity index (χ2n) is 4.75. The van der Waals surface area contributed by atoms with Crippen molar-refractivity contribution in [3.63, 3.8) is 0 Å². The number of nitrogens with zero attached hydrogens (tertiary/aromatic N) is 3. The number of carbonyl (C=O) groups excluding carboxylic acids is 1. The maximum atomic E-state index is 12.0. The molecule has 0 radical (unpaired) electrons. The summed E-state index contributed by atoms with van der Waals surface area (Å²) in [5.41, 5.74) is 0.790. The molecule has 1 amide bonds. The summed E-state index contributed by atoms with van der Waals surface area (Å²) in [7, 11) is 0. The van der Waals surface area contributed by atoms with Crippen LogP contribution >= 0.6 is 27.7 Å². The Morgan fingerprint density at radius 1 is 1.27 bits per heavy atom. The number of benzene rings is 1. The first-order valence-corrected chi connectivity index (χ1v) is 9.02. The minimum absolute atomic E-state index is 0.0450. The van der Waals surface area contributed by atoms with Gasteiger partial charge in [-0.3, -0.25) is 4.79 Å². The van der Waals surface area contributed by atoms with Crippen LogP contribution in [0.5, 0.6) is 0 Å². The molecule has 0 aliphatic rings. The summed E-state index contributed by atoms with van der Waals surface area (Å²) in [5.74, 6) is 1.25. The van der Waals surface area contributed by atoms with E-state index in [2.05, 4.69) is 49.9 Å². The topological polar surface area (TPSA) is 59.8 Å². The molecule has 1 heterocycles. The van der Waals surface area contributed by atoms with Gasteiger partial charge in [0.15, 0.2) is 5.16 Å². The summed E-state index contributed by atoms with van der Waals surface area (Å²) >= 11 is 4.79. The smallest absolute Gasteiger partial charge is 0.234 e. The van der Waals surface area contributed by atoms with Gasteiger partial charge in [-0.15, -0.1) is 10.2 Å². The average Bonchev–Trinajstić information content (AvgIpc) is 2.90. The van der Waals surface area contributed by atoms with Gasteiger partial charge in [0.2, 0.25) is 5.91 Å². The van der Waals surface area contributed by atoms with Crippen molar-refractivity contribution >= 4 is 39.3 Å². The lowest BCUT2D eigenvalue weighted by molar-refractivity contribution is -0.113. The molecule has 22 heavy (non-hydrogen) atoms. The number of halogens is 1. The molecule has 1 aromatic heterocycles. The molecule has 0 aliphatic carbocycles. The van der Waals surface area contributed by atoms with Gasteiger partial charge in [-0.2, -0.15) is 0 Å². The Hall–Kier alpha value is -1.34. The van der Waals surface area contributed by atoms with Gasteiger partial charge in [0.1, 0.15) is 5.82 Å². The number of amides is 1. The zero-order valence-corrected chi connectivity index (χ0v) is 15.1. The van der Waals surface area contributed by atoms with Crippen LogP contribution in [-0.2, 0) is 17.8 Å². The van der Waals surface area contributed by atoms with E-state index in [1.54, 1.807) is 0 Å². The van der Waals surface area contributed by atoms with E-state index >= 15 is 0 Å². The summed E-state index contributed by atoms with van der Waals surface area (Å²) < 4.78 is 3.08. The van der Waals surface area contributed by atoms with E-state index in [4.69, 9.17) is 0 Å². The first-order chi connectivity index (χ1) is 10.6. The van der Waals surface area contributed by atoms with Gasteiger partial charge in [-0.05, 0) is 30.7 Å². The van der Waals surface area contributed by atoms with Crippen molar-refractivity contribution in [2.75, 3.05) is 11.1 Å². The molecule has 0 bridgehead atoms. The lowest BCUT2D eigenvalue weighted by Crippen LogP contribution is -2.14. The first kappa shape index (κ1) is 17.0. The van der Waals surface area contributed by atoms with E-state index in [0.717, 1.165) is 40.5 Å². The predicted molar refractivity (Wildman–Crippen MR) is 93.2 cm³/mol. The van der Waals surface area contributed by atoms with Gasteiger partial charge < -0.3 is 9.88 Å². The highest BCUT2D eigenvalue weighted by Crippen LogP contribution is 2.19. The Kier molecular flexibility index (Phi) is 6.45. The number of carbonyl (C=O) groups is 1. The SMILES string of the molecule is CCCn1c(CC)nnc1SCC(=O)Nc1ccc(Br)cc1. The molecular formula is C15H19BrN4OS. The van der Waals surface area contributed by atoms with Crippen molar-refractivity contribution in [2.24, 2.45) is 0 Å². The number of aromatic nitrogens is 3. The van der Waals surface area contributed by atoms with E-state index in [1.807, 2.05) is 24.3 Å². The number of thioether (sulfide) groups is 1. The Bertz CT molecular complexity index is 627. The maximum Gasteiger partial charge on any atom is 0.234 e. The minimum Gasteiger partial charge on any atom is -0.325 e.